The van der Waals surface area contributed by atoms with E-state index in [1.54, 1.807) is 12.1 Å². The highest BCUT2D eigenvalue weighted by atomic mass is 32.2. The van der Waals surface area contributed by atoms with Crippen LogP contribution in [0.2, 0.25) is 0 Å². The number of hydrogen-bond acceptors (Lipinski definition) is 4. The summed E-state index contributed by atoms with van der Waals surface area (Å²) in [6.45, 7) is 5.85. The van der Waals surface area contributed by atoms with Crippen molar-refractivity contribution >= 4 is 17.7 Å². The number of nitro groups is 1. The summed E-state index contributed by atoms with van der Waals surface area (Å²) < 4.78 is 5.46. The highest BCUT2D eigenvalue weighted by Gasteiger charge is 2.12. The molecule has 0 amide bonds. The normalized spacial score (nSPS) is 11.4. The summed E-state index contributed by atoms with van der Waals surface area (Å²) in [6.07, 6.45) is 0. The van der Waals surface area contributed by atoms with Crippen molar-refractivity contribution in [3.05, 3.63) is 34.4 Å². The lowest BCUT2D eigenvalue weighted by Gasteiger charge is -2.17. The molecule has 0 aliphatic carbocycles. The molecule has 0 atom stereocenters. The first-order valence-electron chi connectivity index (χ1n) is 4.49. The maximum Gasteiger partial charge on any atom is 0.269 e. The second kappa shape index (κ2) is 4.63. The highest BCUT2D eigenvalue weighted by molar-refractivity contribution is 7.94. The summed E-state index contributed by atoms with van der Waals surface area (Å²) >= 11 is 1.23. The first-order valence-corrected chi connectivity index (χ1v) is 5.23. The van der Waals surface area contributed by atoms with E-state index >= 15 is 0 Å². The Labute approximate surface area is 93.0 Å². The van der Waals surface area contributed by atoms with Crippen LogP contribution in [-0.4, -0.2) is 10.5 Å². The molecule has 15 heavy (non-hydrogen) atoms. The van der Waals surface area contributed by atoms with Crippen LogP contribution in [0.3, 0.4) is 0 Å². The lowest BCUT2D eigenvalue weighted by Crippen LogP contribution is -2.14. The van der Waals surface area contributed by atoms with Gasteiger partial charge >= 0.3 is 0 Å². The van der Waals surface area contributed by atoms with Crippen LogP contribution >= 0.6 is 12.0 Å². The number of nitrogens with zero attached hydrogens (tertiary/aromatic N) is 1. The van der Waals surface area contributed by atoms with Crippen molar-refractivity contribution in [3.63, 3.8) is 0 Å². The Morgan fingerprint density at radius 3 is 2.20 bits per heavy atom. The van der Waals surface area contributed by atoms with E-state index in [9.17, 15) is 10.1 Å². The van der Waals surface area contributed by atoms with Crippen LogP contribution in [0.25, 0.3) is 0 Å². The Hall–Kier alpha value is -1.07. The molecular formula is C10H13NO3S. The second-order valence-corrected chi connectivity index (χ2v) is 4.83. The zero-order chi connectivity index (χ0) is 11.5. The van der Waals surface area contributed by atoms with Crippen molar-refractivity contribution in [2.75, 3.05) is 0 Å². The molecular weight excluding hydrogens is 214 g/mol. The molecule has 4 nitrogen and oxygen atoms in total. The first-order chi connectivity index (χ1) is 6.88. The van der Waals surface area contributed by atoms with Crippen molar-refractivity contribution in [1.82, 2.24) is 0 Å². The van der Waals surface area contributed by atoms with E-state index in [1.165, 1.54) is 24.2 Å². The van der Waals surface area contributed by atoms with Gasteiger partial charge in [0.15, 0.2) is 0 Å². The van der Waals surface area contributed by atoms with E-state index in [-0.39, 0.29) is 11.3 Å². The summed E-state index contributed by atoms with van der Waals surface area (Å²) in [4.78, 5) is 10.8. The van der Waals surface area contributed by atoms with Gasteiger partial charge in [-0.25, -0.2) is 0 Å². The lowest BCUT2D eigenvalue weighted by atomic mass is 10.2. The molecule has 0 unspecified atom stereocenters. The van der Waals surface area contributed by atoms with E-state index in [1.807, 2.05) is 20.8 Å². The summed E-state index contributed by atoms with van der Waals surface area (Å²) in [6, 6.07) is 6.28. The zero-order valence-electron chi connectivity index (χ0n) is 8.89. The average molecular weight is 227 g/mol. The highest BCUT2D eigenvalue weighted by Crippen LogP contribution is 2.26. The molecule has 0 heterocycles. The number of non-ortho nitro benzene ring substituents is 1. The predicted molar refractivity (Wildman–Crippen MR) is 59.8 cm³/mol. The molecule has 0 saturated carbocycles. The van der Waals surface area contributed by atoms with Crippen molar-refractivity contribution in [3.8, 4) is 0 Å². The maximum absolute atomic E-state index is 10.4. The van der Waals surface area contributed by atoms with Gasteiger partial charge in [-0.15, -0.1) is 0 Å². The van der Waals surface area contributed by atoms with Crippen molar-refractivity contribution in [2.24, 2.45) is 0 Å². The molecule has 0 saturated heterocycles. The molecule has 0 fully saturated rings. The summed E-state index contributed by atoms with van der Waals surface area (Å²) in [7, 11) is 0. The number of benzene rings is 1. The van der Waals surface area contributed by atoms with Crippen LogP contribution in [0.1, 0.15) is 20.8 Å². The SMILES string of the molecule is CC(C)(C)OSc1ccc([N+](=O)[O-])cc1. The third-order valence-corrected chi connectivity index (χ3v) is 2.48. The monoisotopic (exact) mass is 227 g/mol. The van der Waals surface area contributed by atoms with Crippen LogP contribution in [0.15, 0.2) is 29.2 Å². The third kappa shape index (κ3) is 4.31. The van der Waals surface area contributed by atoms with E-state index in [4.69, 9.17) is 4.18 Å². The molecule has 82 valence electrons. The molecule has 0 aliphatic rings. The Morgan fingerprint density at radius 1 is 1.27 bits per heavy atom. The number of rotatable bonds is 3. The minimum absolute atomic E-state index is 0.0927. The summed E-state index contributed by atoms with van der Waals surface area (Å²) in [5.74, 6) is 0. The Bertz CT molecular complexity index is 343. The lowest BCUT2D eigenvalue weighted by molar-refractivity contribution is -0.384. The van der Waals surface area contributed by atoms with Gasteiger partial charge in [0.25, 0.3) is 5.69 Å². The Morgan fingerprint density at radius 2 is 1.80 bits per heavy atom. The van der Waals surface area contributed by atoms with E-state index < -0.39 is 4.92 Å². The Balaban J connectivity index is 2.61. The molecule has 1 rings (SSSR count). The fraction of sp³-hybridized carbons (Fsp3) is 0.400. The molecule has 0 N–H and O–H groups in total. The van der Waals surface area contributed by atoms with Gasteiger partial charge in [-0.3, -0.25) is 10.1 Å². The third-order valence-electron chi connectivity index (χ3n) is 1.44. The fourth-order valence-corrected chi connectivity index (χ4v) is 1.39. The van der Waals surface area contributed by atoms with Crippen LogP contribution in [-0.2, 0) is 4.18 Å². The molecule has 0 radical (unpaired) electrons. The van der Waals surface area contributed by atoms with Crippen LogP contribution < -0.4 is 0 Å². The minimum Gasteiger partial charge on any atom is -0.305 e. The smallest absolute Gasteiger partial charge is 0.269 e. The van der Waals surface area contributed by atoms with Crippen LogP contribution in [0.4, 0.5) is 5.69 Å². The quantitative estimate of drug-likeness (QED) is 0.451. The fourth-order valence-electron chi connectivity index (χ4n) is 0.797. The predicted octanol–water partition coefficient (Wildman–Crippen LogP) is 3.42. The molecule has 1 aromatic rings. The summed E-state index contributed by atoms with van der Waals surface area (Å²) in [5, 5.41) is 10.4. The zero-order valence-corrected chi connectivity index (χ0v) is 9.71. The van der Waals surface area contributed by atoms with Crippen molar-refractivity contribution in [2.45, 2.75) is 31.3 Å². The van der Waals surface area contributed by atoms with Gasteiger partial charge in [-0.1, -0.05) is 0 Å². The number of hydrogen-bond donors (Lipinski definition) is 0. The topological polar surface area (TPSA) is 52.4 Å². The van der Waals surface area contributed by atoms with Crippen LogP contribution in [0, 0.1) is 10.1 Å². The van der Waals surface area contributed by atoms with E-state index in [0.29, 0.717) is 0 Å². The van der Waals surface area contributed by atoms with E-state index in [0.717, 1.165) is 4.90 Å². The molecule has 0 bridgehead atoms. The van der Waals surface area contributed by atoms with E-state index in [2.05, 4.69) is 0 Å². The number of nitro benzene ring substituents is 1. The van der Waals surface area contributed by atoms with Crippen molar-refractivity contribution in [1.29, 1.82) is 0 Å². The van der Waals surface area contributed by atoms with Crippen LogP contribution in [0.5, 0.6) is 0 Å². The second-order valence-electron chi connectivity index (χ2n) is 4.03. The largest absolute Gasteiger partial charge is 0.305 e. The van der Waals surface area contributed by atoms with Gasteiger partial charge in [0, 0.05) is 29.1 Å². The molecule has 0 aliphatic heterocycles. The molecule has 1 aromatic carbocycles. The van der Waals surface area contributed by atoms with Gasteiger partial charge in [-0.05, 0) is 32.9 Å². The minimum atomic E-state index is -0.418. The molecule has 0 spiro atoms. The van der Waals surface area contributed by atoms with Gasteiger partial charge in [-0.2, -0.15) is 0 Å². The van der Waals surface area contributed by atoms with Gasteiger partial charge in [0.05, 0.1) is 10.5 Å². The molecule has 0 aromatic heterocycles. The Kier molecular flexibility index (Phi) is 3.71. The standard InChI is InChI=1S/C10H13NO3S/c1-10(2,3)14-15-9-6-4-8(5-7-9)11(12)13/h4-7H,1-3H3. The van der Waals surface area contributed by atoms with Gasteiger partial charge < -0.3 is 4.18 Å². The van der Waals surface area contributed by atoms with Crippen molar-refractivity contribution < 1.29 is 9.11 Å². The van der Waals surface area contributed by atoms with Gasteiger partial charge in [0.1, 0.15) is 0 Å². The molecule has 5 heteroatoms. The summed E-state index contributed by atoms with van der Waals surface area (Å²) in [5.41, 5.74) is -0.137. The first kappa shape index (κ1) is 12.0. The maximum atomic E-state index is 10.4. The average Bonchev–Trinajstić information content (AvgIpc) is 2.14. The van der Waals surface area contributed by atoms with Gasteiger partial charge in [0.2, 0.25) is 0 Å².